The first-order valence-electron chi connectivity index (χ1n) is 10.0. The summed E-state index contributed by atoms with van der Waals surface area (Å²) in [6, 6.07) is -1.68. The summed E-state index contributed by atoms with van der Waals surface area (Å²) in [5, 5.41) is 7.04. The Hall–Kier alpha value is -1.59. The summed E-state index contributed by atoms with van der Waals surface area (Å²) in [7, 11) is 0. The first-order valence-corrected chi connectivity index (χ1v) is 10.0. The lowest BCUT2D eigenvalue weighted by Crippen LogP contribution is -2.45. The van der Waals surface area contributed by atoms with Crippen molar-refractivity contribution in [2.75, 3.05) is 6.54 Å². The lowest BCUT2D eigenvalue weighted by Gasteiger charge is -2.08. The highest BCUT2D eigenvalue weighted by Gasteiger charge is 2.35. The van der Waals surface area contributed by atoms with E-state index in [1.807, 2.05) is 5.32 Å². The van der Waals surface area contributed by atoms with Gasteiger partial charge in [0.05, 0.1) is 0 Å². The van der Waals surface area contributed by atoms with Crippen LogP contribution in [0.2, 0.25) is 0 Å². The van der Waals surface area contributed by atoms with E-state index in [-0.39, 0.29) is 0 Å². The zero-order valence-corrected chi connectivity index (χ0v) is 15.7. The minimum atomic E-state index is -1.07. The quantitative estimate of drug-likeness (QED) is 0.239. The van der Waals surface area contributed by atoms with E-state index < -0.39 is 23.9 Å². The number of nitrogens with one attached hydrogen (secondary N) is 3. The molecule has 0 aromatic carbocycles. The van der Waals surface area contributed by atoms with Crippen molar-refractivity contribution in [3.63, 3.8) is 0 Å². The van der Waals surface area contributed by atoms with Gasteiger partial charge in [0.2, 0.25) is 0 Å². The summed E-state index contributed by atoms with van der Waals surface area (Å²) in [5.74, 6) is -1.00. The summed E-state index contributed by atoms with van der Waals surface area (Å²) in [6.45, 7) is 2.80. The molecule has 1 fully saturated rings. The fourth-order valence-electron chi connectivity index (χ4n) is 3.06. The van der Waals surface area contributed by atoms with Crippen molar-refractivity contribution >= 4 is 17.8 Å². The maximum atomic E-state index is 11.7. The van der Waals surface area contributed by atoms with Gasteiger partial charge in [-0.15, -0.1) is 0 Å². The summed E-state index contributed by atoms with van der Waals surface area (Å²) < 4.78 is 0. The highest BCUT2D eigenvalue weighted by atomic mass is 16.2. The fraction of sp³-hybridized carbons (Fsp3) is 0.842. The second kappa shape index (κ2) is 13.7. The second-order valence-electron chi connectivity index (χ2n) is 6.93. The third-order valence-corrected chi connectivity index (χ3v) is 4.62. The van der Waals surface area contributed by atoms with Gasteiger partial charge < -0.3 is 10.6 Å². The van der Waals surface area contributed by atoms with Crippen LogP contribution in [0.1, 0.15) is 90.4 Å². The third kappa shape index (κ3) is 10.1. The zero-order chi connectivity index (χ0) is 18.3. The molecule has 25 heavy (non-hydrogen) atoms. The maximum absolute atomic E-state index is 11.7. The van der Waals surface area contributed by atoms with E-state index in [0.717, 1.165) is 12.8 Å². The van der Waals surface area contributed by atoms with Crippen molar-refractivity contribution in [2.24, 2.45) is 0 Å². The SMILES string of the molecule is CCCCCCCCCCCCCCCNC(=O)C1NC(=O)NC1=O. The van der Waals surface area contributed by atoms with Crippen molar-refractivity contribution < 1.29 is 14.4 Å². The first-order chi connectivity index (χ1) is 12.1. The van der Waals surface area contributed by atoms with Gasteiger partial charge in [0, 0.05) is 6.54 Å². The molecular formula is C19H35N3O3. The molecule has 144 valence electrons. The molecule has 6 nitrogen and oxygen atoms in total. The van der Waals surface area contributed by atoms with Gasteiger partial charge in [-0.25, -0.2) is 4.79 Å². The van der Waals surface area contributed by atoms with Crippen LogP contribution in [0.5, 0.6) is 0 Å². The van der Waals surface area contributed by atoms with Gasteiger partial charge in [0.1, 0.15) is 0 Å². The molecule has 1 rings (SSSR count). The Morgan fingerprint density at radius 3 is 1.76 bits per heavy atom. The maximum Gasteiger partial charge on any atom is 0.322 e. The number of amides is 4. The molecule has 0 spiro atoms. The predicted octanol–water partition coefficient (Wildman–Crippen LogP) is 3.40. The van der Waals surface area contributed by atoms with Crippen LogP contribution in [0.25, 0.3) is 0 Å². The van der Waals surface area contributed by atoms with Gasteiger partial charge in [-0.1, -0.05) is 84.0 Å². The molecule has 0 radical (unpaired) electrons. The molecule has 1 unspecified atom stereocenters. The topological polar surface area (TPSA) is 87.3 Å². The Morgan fingerprint density at radius 1 is 0.840 bits per heavy atom. The Kier molecular flexibility index (Phi) is 11.7. The summed E-state index contributed by atoms with van der Waals surface area (Å²) in [4.78, 5) is 34.0. The van der Waals surface area contributed by atoms with Crippen LogP contribution in [0.4, 0.5) is 4.79 Å². The third-order valence-electron chi connectivity index (χ3n) is 4.62. The summed E-state index contributed by atoms with van der Waals surface area (Å²) in [5.41, 5.74) is 0. The molecule has 0 aliphatic carbocycles. The van der Waals surface area contributed by atoms with Crippen LogP contribution in [0.15, 0.2) is 0 Å². The zero-order valence-electron chi connectivity index (χ0n) is 15.7. The molecule has 1 atom stereocenters. The molecule has 1 aliphatic rings. The van der Waals surface area contributed by atoms with Crippen LogP contribution in [0, 0.1) is 0 Å². The van der Waals surface area contributed by atoms with Gasteiger partial charge in [-0.3, -0.25) is 14.9 Å². The molecule has 0 aromatic heterocycles. The van der Waals surface area contributed by atoms with Crippen molar-refractivity contribution in [3.8, 4) is 0 Å². The highest BCUT2D eigenvalue weighted by molar-refractivity contribution is 6.15. The van der Waals surface area contributed by atoms with E-state index in [1.54, 1.807) is 0 Å². The average Bonchev–Trinajstić information content (AvgIpc) is 2.93. The van der Waals surface area contributed by atoms with E-state index in [4.69, 9.17) is 0 Å². The monoisotopic (exact) mass is 353 g/mol. The van der Waals surface area contributed by atoms with Crippen molar-refractivity contribution in [1.82, 2.24) is 16.0 Å². The van der Waals surface area contributed by atoms with Crippen molar-refractivity contribution in [3.05, 3.63) is 0 Å². The normalized spacial score (nSPS) is 16.6. The average molecular weight is 354 g/mol. The number of carbonyl (C=O) groups is 3. The number of unbranched alkanes of at least 4 members (excludes halogenated alkanes) is 12. The first kappa shape index (κ1) is 21.5. The minimum Gasteiger partial charge on any atom is -0.354 e. The van der Waals surface area contributed by atoms with Crippen molar-refractivity contribution in [1.29, 1.82) is 0 Å². The molecule has 6 heteroatoms. The lowest BCUT2D eigenvalue weighted by atomic mass is 10.0. The van der Waals surface area contributed by atoms with Crippen LogP contribution >= 0.6 is 0 Å². The molecule has 0 saturated carbocycles. The molecule has 1 aliphatic heterocycles. The molecule has 4 amide bonds. The molecule has 0 bridgehead atoms. The smallest absolute Gasteiger partial charge is 0.322 e. The number of hydrogen-bond acceptors (Lipinski definition) is 3. The highest BCUT2D eigenvalue weighted by Crippen LogP contribution is 2.12. The van der Waals surface area contributed by atoms with Gasteiger partial charge in [-0.05, 0) is 6.42 Å². The van der Waals surface area contributed by atoms with Gasteiger partial charge >= 0.3 is 6.03 Å². The summed E-state index contributed by atoms with van der Waals surface area (Å²) >= 11 is 0. The molecule has 0 aromatic rings. The molecule has 1 heterocycles. The van der Waals surface area contributed by atoms with Crippen LogP contribution < -0.4 is 16.0 Å². The molecule has 3 N–H and O–H groups in total. The minimum absolute atomic E-state index is 0.428. The Balaban J connectivity index is 1.82. The van der Waals surface area contributed by atoms with E-state index in [0.29, 0.717) is 6.54 Å². The van der Waals surface area contributed by atoms with Gasteiger partial charge in [0.15, 0.2) is 6.04 Å². The Bertz CT molecular complexity index is 413. The van der Waals surface area contributed by atoms with Crippen LogP contribution in [-0.4, -0.2) is 30.4 Å². The Morgan fingerprint density at radius 2 is 1.32 bits per heavy atom. The van der Waals surface area contributed by atoms with Crippen LogP contribution in [-0.2, 0) is 9.59 Å². The summed E-state index contributed by atoms with van der Waals surface area (Å²) in [6.07, 6.45) is 16.7. The fourth-order valence-corrected chi connectivity index (χ4v) is 3.06. The largest absolute Gasteiger partial charge is 0.354 e. The standard InChI is InChI=1S/C19H35N3O3/c1-2-3-4-5-6-7-8-9-10-11-12-13-14-15-20-17(23)16-18(24)22-19(25)21-16/h16H,2-15H2,1H3,(H,20,23)(H2,21,22,24,25). The predicted molar refractivity (Wildman–Crippen MR) is 99.2 cm³/mol. The van der Waals surface area contributed by atoms with Crippen LogP contribution in [0.3, 0.4) is 0 Å². The van der Waals surface area contributed by atoms with E-state index >= 15 is 0 Å². The number of rotatable bonds is 15. The Labute approximate surface area is 151 Å². The van der Waals surface area contributed by atoms with Gasteiger partial charge in [-0.2, -0.15) is 0 Å². The van der Waals surface area contributed by atoms with Crippen molar-refractivity contribution in [2.45, 2.75) is 96.4 Å². The second-order valence-corrected chi connectivity index (χ2v) is 6.93. The molecule has 1 saturated heterocycles. The number of carbonyl (C=O) groups excluding carboxylic acids is 3. The van der Waals surface area contributed by atoms with E-state index in [9.17, 15) is 14.4 Å². The number of hydrogen-bond donors (Lipinski definition) is 3. The van der Waals surface area contributed by atoms with Gasteiger partial charge in [0.25, 0.3) is 11.8 Å². The molecular weight excluding hydrogens is 318 g/mol. The number of imide groups is 1. The van der Waals surface area contributed by atoms with E-state index in [1.165, 1.54) is 70.6 Å². The number of urea groups is 1. The lowest BCUT2D eigenvalue weighted by molar-refractivity contribution is -0.129. The van der Waals surface area contributed by atoms with E-state index in [2.05, 4.69) is 17.6 Å².